The Morgan fingerprint density at radius 3 is 0.960 bits per heavy atom. The van der Waals surface area contributed by atoms with Crippen LogP contribution < -0.4 is 24.5 Å². The number of thiazole rings is 5. The number of carbonyl (C=O) groups excluding carboxylic acids is 8. The third-order valence-corrected chi connectivity index (χ3v) is 24.4. The Morgan fingerprint density at radius 2 is 0.592 bits per heavy atom. The lowest BCUT2D eigenvalue weighted by atomic mass is 10.1. The van der Waals surface area contributed by atoms with Crippen molar-refractivity contribution in [1.82, 2.24) is 24.9 Å². The Bertz CT molecular complexity index is 7150. The van der Waals surface area contributed by atoms with E-state index in [1.54, 1.807) is 24.3 Å². The number of hydrogen-bond donors (Lipinski definition) is 1. The quantitative estimate of drug-likeness (QED) is 0.0670. The molecule has 0 saturated heterocycles. The maximum atomic E-state index is 12.8. The van der Waals surface area contributed by atoms with Gasteiger partial charge in [0.05, 0.1) is 141 Å². The molecule has 1 N–H and O–H groups in total. The minimum absolute atomic E-state index is 0.0280. The molecule has 0 unspecified atom stereocenters. The minimum Gasteiger partial charge on any atom is -0.507 e. The van der Waals surface area contributed by atoms with Crippen molar-refractivity contribution in [2.75, 3.05) is 24.5 Å². The number of aromatic hydroxyl groups is 1. The number of nitro benzene ring substituents is 2. The summed E-state index contributed by atoms with van der Waals surface area (Å²) in [6.07, 6.45) is -22.4. The van der Waals surface area contributed by atoms with E-state index < -0.39 is 116 Å². The summed E-state index contributed by atoms with van der Waals surface area (Å²) in [6.45, 7) is 0.345. The molecule has 0 atom stereocenters. The summed E-state index contributed by atoms with van der Waals surface area (Å²) in [5, 5.41) is 32.6. The molecule has 5 aliphatic rings. The summed E-state index contributed by atoms with van der Waals surface area (Å²) in [5.41, 5.74) is -1.31. The highest BCUT2D eigenvalue weighted by atomic mass is 32.1. The molecule has 25 nitrogen and oxygen atoms in total. The van der Waals surface area contributed by atoms with Crippen molar-refractivity contribution in [1.29, 1.82) is 0 Å². The third kappa shape index (κ3) is 15.7. The van der Waals surface area contributed by atoms with Gasteiger partial charge in [0, 0.05) is 17.7 Å². The first kappa shape index (κ1) is 84.2. The number of halogens is 15. The summed E-state index contributed by atoms with van der Waals surface area (Å²) >= 11 is 4.43. The zero-order chi connectivity index (χ0) is 89.3. The highest BCUT2D eigenvalue weighted by Gasteiger charge is 2.46. The molecule has 10 heterocycles. The van der Waals surface area contributed by atoms with Crippen LogP contribution in [0.5, 0.6) is 5.75 Å². The van der Waals surface area contributed by atoms with Gasteiger partial charge in [-0.05, 0) is 139 Å². The maximum Gasteiger partial charge on any atom is 0.416 e. The van der Waals surface area contributed by atoms with Crippen LogP contribution in [-0.4, -0.2) is 87.1 Å². The molecule has 125 heavy (non-hydrogen) atoms. The van der Waals surface area contributed by atoms with Gasteiger partial charge in [0.25, 0.3) is 58.6 Å². The van der Waals surface area contributed by atoms with Crippen LogP contribution in [-0.2, 0) is 44.0 Å². The number of phenols is 1. The van der Waals surface area contributed by atoms with Gasteiger partial charge >= 0.3 is 30.9 Å². The van der Waals surface area contributed by atoms with Crippen molar-refractivity contribution in [2.45, 2.75) is 44.0 Å². The van der Waals surface area contributed by atoms with Gasteiger partial charge in [-0.25, -0.2) is 39.6 Å². The van der Waals surface area contributed by atoms with Gasteiger partial charge in [0.15, 0.2) is 10.3 Å². The fraction of sp³-hybridized carbons (Fsp3) is 0.0875. The molecule has 0 aliphatic carbocycles. The van der Waals surface area contributed by atoms with Crippen molar-refractivity contribution in [2.24, 2.45) is 0 Å². The van der Waals surface area contributed by atoms with Crippen molar-refractivity contribution in [3.63, 3.8) is 0 Å². The summed E-state index contributed by atoms with van der Waals surface area (Å²) in [7, 11) is 0. The molecule has 0 bridgehead atoms. The zero-order valence-corrected chi connectivity index (χ0v) is 65.4. The molecule has 0 radical (unpaired) electrons. The van der Waals surface area contributed by atoms with Crippen LogP contribution in [0, 0.1) is 20.2 Å². The number of nitro groups is 2. The second-order valence-corrected chi connectivity index (χ2v) is 32.0. The first-order chi connectivity index (χ1) is 59.0. The van der Waals surface area contributed by atoms with Crippen LogP contribution >= 0.6 is 56.7 Å². The Hall–Kier alpha value is -14.4. The lowest BCUT2D eigenvalue weighted by Gasteiger charge is -2.10. The molecule has 45 heteroatoms. The lowest BCUT2D eigenvalue weighted by molar-refractivity contribution is -0.385. The SMILES string of the molecule is O=C1c2cccc(O)c2C(=O)N1c1nc2ccc(C(F)(F)F)cc2s1.O=C1c2cccc([N+](=O)[O-])c2C(=O)N1c1nc2ccc(C(F)(F)F)cc2s1.O=C1c2cccc([N+](=O)[O-])c2CN1c1nc2ccc(C(F)(F)F)cc2s1.O=C1c2ccccc2C(=O)N1c1nc2ccc(C(F)(F)F)cc2s1.O=C1c2ccccc2CN1c1nc2ccc(C(F)(F)F)cc2s1. The van der Waals surface area contributed by atoms with E-state index in [0.29, 0.717) is 43.4 Å². The molecule has 15 aromatic rings. The molecular formula is C80H37F15N12O13S5. The summed E-state index contributed by atoms with van der Waals surface area (Å²) in [4.78, 5) is 147. The van der Waals surface area contributed by atoms with E-state index in [2.05, 4.69) is 24.9 Å². The first-order valence-corrected chi connectivity index (χ1v) is 39.3. The van der Waals surface area contributed by atoms with Crippen LogP contribution in [0.25, 0.3) is 51.1 Å². The van der Waals surface area contributed by atoms with Gasteiger partial charge in [-0.15, -0.1) is 0 Å². The Labute approximate surface area is 704 Å². The van der Waals surface area contributed by atoms with Crippen molar-refractivity contribution < 1.29 is 119 Å². The number of nitrogens with zero attached hydrogens (tertiary/aromatic N) is 12. The number of benzene rings is 10. The highest BCUT2D eigenvalue weighted by molar-refractivity contribution is 7.24. The molecule has 0 spiro atoms. The van der Waals surface area contributed by atoms with E-state index in [-0.39, 0.29) is 119 Å². The number of carbonyl (C=O) groups is 8. The predicted octanol–water partition coefficient (Wildman–Crippen LogP) is 20.8. The smallest absolute Gasteiger partial charge is 0.416 e. The molecule has 0 fully saturated rings. The van der Waals surface area contributed by atoms with E-state index in [1.807, 2.05) is 12.1 Å². The van der Waals surface area contributed by atoms with Crippen LogP contribution in [0.4, 0.5) is 103 Å². The van der Waals surface area contributed by atoms with Crippen molar-refractivity contribution in [3.05, 3.63) is 298 Å². The largest absolute Gasteiger partial charge is 0.507 e. The molecule has 20 rings (SSSR count). The molecule has 5 aliphatic heterocycles. The molecule has 630 valence electrons. The fourth-order valence-corrected chi connectivity index (χ4v) is 18.4. The number of aromatic nitrogens is 5. The number of fused-ring (bicyclic) bond motifs is 10. The Balaban J connectivity index is 0.000000115. The summed E-state index contributed by atoms with van der Waals surface area (Å²) in [5.74, 6) is -5.19. The van der Waals surface area contributed by atoms with Crippen LogP contribution in [0.1, 0.15) is 122 Å². The molecule has 5 aromatic heterocycles. The van der Waals surface area contributed by atoms with Gasteiger partial charge in [-0.2, -0.15) is 65.9 Å². The van der Waals surface area contributed by atoms with Crippen molar-refractivity contribution >= 4 is 192 Å². The fourth-order valence-electron chi connectivity index (χ4n) is 13.4. The van der Waals surface area contributed by atoms with Gasteiger partial charge in [0.2, 0.25) is 15.4 Å². The van der Waals surface area contributed by atoms with Crippen LogP contribution in [0.3, 0.4) is 0 Å². The second kappa shape index (κ2) is 31.2. The number of rotatable bonds is 7. The molecule has 0 saturated carbocycles. The van der Waals surface area contributed by atoms with Crippen LogP contribution in [0.15, 0.2) is 194 Å². The Kier molecular flexibility index (Phi) is 21.0. The predicted molar refractivity (Wildman–Crippen MR) is 425 cm³/mol. The summed E-state index contributed by atoms with van der Waals surface area (Å²) in [6, 6.07) is 41.1. The minimum atomic E-state index is -4.55. The number of anilines is 5. The van der Waals surface area contributed by atoms with E-state index in [4.69, 9.17) is 0 Å². The highest BCUT2D eigenvalue weighted by Crippen LogP contribution is 2.47. The average Bonchev–Trinajstić information content (AvgIpc) is 1.60. The van der Waals surface area contributed by atoms with E-state index >= 15 is 0 Å². The number of phenolic OH excluding ortho intramolecular Hbond substituents is 1. The number of hydrogen-bond acceptors (Lipinski definition) is 23. The second-order valence-electron chi connectivity index (χ2n) is 26.9. The third-order valence-electron chi connectivity index (χ3n) is 19.3. The maximum absolute atomic E-state index is 12.8. The van der Waals surface area contributed by atoms with E-state index in [9.17, 15) is 130 Å². The normalized spacial score (nSPS) is 14.3. The number of imide groups is 3. The van der Waals surface area contributed by atoms with E-state index in [1.165, 1.54) is 94.7 Å². The molecule has 8 amide bonds. The zero-order valence-electron chi connectivity index (χ0n) is 61.3. The molecular weight excluding hydrogens is 1780 g/mol. The lowest BCUT2D eigenvalue weighted by Crippen LogP contribution is -2.29. The standard InChI is InChI=1S/C16H6F3N3O4S.C16H8F3N3O3S.C16H7F3N2O3S.C16H7F3N2O2S.C16H9F3N2OS/c17-16(18,19)7-4-5-9-11(6-7)27-15(20-9)21-13(23)8-2-1-3-10(22(25)26)12(8)14(21)24;17-16(18,19)8-4-5-11-13(6-8)26-15(20-11)21-7-10-9(14(21)23)2-1-3-12(10)22(24)25;17-16(18,19)7-4-5-9-11(6-7)25-15(20-9)21-13(23)8-2-1-3-10(22)12(8)14(21)24;17-16(18,19)8-5-6-11-12(7-8)24-15(20-11)21-13(22)9-3-1-2-4-10(9)14(21)23;17-16(18,19)10-5-6-12-13(7-10)23-15(20-12)21-8-9-3-1-2-4-11(9)14(21)22/h1-6H;1-6H,7H2;1-6,22H;1-7H;1-7H,8H2. The monoisotopic (exact) mass is 1820 g/mol. The van der Waals surface area contributed by atoms with Gasteiger partial charge < -0.3 is 5.11 Å². The van der Waals surface area contributed by atoms with Gasteiger partial charge in [-0.1, -0.05) is 105 Å². The molecule has 10 aromatic carbocycles. The summed E-state index contributed by atoms with van der Waals surface area (Å²) < 4.78 is 194. The van der Waals surface area contributed by atoms with Gasteiger partial charge in [0.1, 0.15) is 11.3 Å². The van der Waals surface area contributed by atoms with Crippen molar-refractivity contribution in [3.8, 4) is 5.75 Å². The first-order valence-electron chi connectivity index (χ1n) is 35.2. The number of amides is 8. The van der Waals surface area contributed by atoms with Gasteiger partial charge in [-0.3, -0.25) is 68.4 Å². The number of alkyl halides is 15. The van der Waals surface area contributed by atoms with E-state index in [0.717, 1.165) is 145 Å². The Morgan fingerprint density at radius 1 is 0.304 bits per heavy atom. The average molecular weight is 1820 g/mol. The topological polar surface area (TPSA) is 324 Å². The van der Waals surface area contributed by atoms with Crippen LogP contribution in [0.2, 0.25) is 0 Å².